The molecule has 0 amide bonds. The Balaban J connectivity index is 2.63. The second-order valence-electron chi connectivity index (χ2n) is 3.29. The van der Waals surface area contributed by atoms with Crippen molar-refractivity contribution in [3.8, 4) is 0 Å². The Hall–Kier alpha value is -3.06. The van der Waals surface area contributed by atoms with Gasteiger partial charge in [-0.25, -0.2) is 0 Å². The molecule has 0 bridgehead atoms. The highest BCUT2D eigenvalue weighted by atomic mass is 13.8. The Kier molecular flexibility index (Phi) is 4.13. The molecule has 0 aliphatic rings. The molecule has 18 heavy (non-hydrogen) atoms. The predicted octanol–water partition coefficient (Wildman–Crippen LogP) is 3.49. The molecule has 0 aliphatic carbocycles. The first-order valence-electron chi connectivity index (χ1n) is 5.40. The van der Waals surface area contributed by atoms with Crippen LogP contribution >= 0.6 is 0 Å². The highest BCUT2D eigenvalue weighted by molar-refractivity contribution is 5.78. The van der Waals surface area contributed by atoms with Gasteiger partial charge < -0.3 is 0 Å². The molecule has 0 spiro atoms. The zero-order chi connectivity index (χ0) is 12.5. The van der Waals surface area contributed by atoms with Crippen LogP contribution in [0, 0.1) is 48.5 Å². The van der Waals surface area contributed by atoms with Gasteiger partial charge in [-0.1, -0.05) is 48.5 Å². The maximum atomic E-state index is 3.05. The van der Waals surface area contributed by atoms with E-state index in [2.05, 4.69) is 48.5 Å². The average Bonchev–Trinajstić information content (AvgIpc) is 2.41. The minimum Gasteiger partial charge on any atom is -0.0689 e. The molecule has 0 N–H and O–H groups in total. The molecule has 2 aromatic carbocycles. The number of benzene rings is 1. The summed E-state index contributed by atoms with van der Waals surface area (Å²) < 4.78 is 0. The van der Waals surface area contributed by atoms with Crippen LogP contribution in [0.25, 0.3) is 10.8 Å². The fraction of sp³-hybridized carbons (Fsp3) is 0. The summed E-state index contributed by atoms with van der Waals surface area (Å²) in [6.45, 7) is 0. The molecule has 0 nitrogen and oxygen atoms in total. The lowest BCUT2D eigenvalue weighted by Crippen LogP contribution is -1.61. The molecule has 80 valence electrons. The molecule has 0 fully saturated rings. The van der Waals surface area contributed by atoms with Gasteiger partial charge in [-0.2, -0.15) is 0 Å². The molecule has 0 aromatic heterocycles. The van der Waals surface area contributed by atoms with Crippen LogP contribution in [-0.2, 0) is 0 Å². The summed E-state index contributed by atoms with van der Waals surface area (Å²) in [5.41, 5.74) is 0. The Labute approximate surface area is 108 Å². The monoisotopic (exact) mass is 224 g/mol. The van der Waals surface area contributed by atoms with Crippen molar-refractivity contribution in [2.75, 3.05) is 0 Å². The van der Waals surface area contributed by atoms with Crippen molar-refractivity contribution < 1.29 is 0 Å². The van der Waals surface area contributed by atoms with E-state index in [1.54, 1.807) is 24.3 Å². The van der Waals surface area contributed by atoms with Crippen LogP contribution in [-0.4, -0.2) is 0 Å². The minimum atomic E-state index is 0.916. The van der Waals surface area contributed by atoms with E-state index in [-0.39, 0.29) is 0 Å². The summed E-state index contributed by atoms with van der Waals surface area (Å²) in [5.74, 6) is 0. The zero-order valence-corrected chi connectivity index (χ0v) is 9.62. The Bertz CT molecular complexity index is 555. The van der Waals surface area contributed by atoms with Crippen molar-refractivity contribution >= 4 is 10.8 Å². The third-order valence-corrected chi connectivity index (χ3v) is 2.05. The highest BCUT2D eigenvalue weighted by Gasteiger charge is 1.82. The smallest absolute Gasteiger partial charge is 0.0405 e. The molecule has 0 aliphatic heterocycles. The molecule has 0 saturated heterocycles. The summed E-state index contributed by atoms with van der Waals surface area (Å²) in [7, 11) is 0. The van der Waals surface area contributed by atoms with Gasteiger partial charge in [0.15, 0.2) is 0 Å². The summed E-state index contributed by atoms with van der Waals surface area (Å²) in [4.78, 5) is 0. The maximum absolute atomic E-state index is 3.05. The van der Waals surface area contributed by atoms with Gasteiger partial charge >= 0.3 is 0 Å². The van der Waals surface area contributed by atoms with E-state index in [1.165, 1.54) is 0 Å². The first-order chi connectivity index (χ1) is 8.97. The molecule has 0 heteroatoms. The number of hydrogen-bond acceptors (Lipinski definition) is 0. The van der Waals surface area contributed by atoms with Gasteiger partial charge in [0.25, 0.3) is 0 Å². The highest BCUT2D eigenvalue weighted by Crippen LogP contribution is 2.04. The zero-order valence-electron chi connectivity index (χ0n) is 9.62. The fourth-order valence-electron chi connectivity index (χ4n) is 1.26. The summed E-state index contributed by atoms with van der Waals surface area (Å²) in [5, 5.41) is 1.83. The van der Waals surface area contributed by atoms with E-state index in [1.807, 2.05) is 24.3 Å². The topological polar surface area (TPSA) is 0 Å². The van der Waals surface area contributed by atoms with E-state index in [4.69, 9.17) is 0 Å². The SMILES string of the molecule is c1c#cccc#cc2ccccc2c#cccc#1. The number of hydrogen-bond donors (Lipinski definition) is 0. The normalized spacial score (nSPS) is 7.33. The van der Waals surface area contributed by atoms with E-state index in [0.29, 0.717) is 0 Å². The van der Waals surface area contributed by atoms with E-state index < -0.39 is 0 Å². The van der Waals surface area contributed by atoms with Crippen LogP contribution in [0.3, 0.4) is 0 Å². The Morgan fingerprint density at radius 1 is 0.556 bits per heavy atom. The lowest BCUT2D eigenvalue weighted by Gasteiger charge is -1.83. The molecule has 0 atom stereocenters. The lowest BCUT2D eigenvalue weighted by molar-refractivity contribution is 1.79. The number of rotatable bonds is 0. The molecular formula is C18H8. The lowest BCUT2D eigenvalue weighted by atomic mass is 10.2. The van der Waals surface area contributed by atoms with Crippen molar-refractivity contribution in [2.24, 2.45) is 0 Å². The van der Waals surface area contributed by atoms with Gasteiger partial charge in [-0.05, 0) is 48.5 Å². The van der Waals surface area contributed by atoms with Gasteiger partial charge in [-0.15, -0.1) is 0 Å². The van der Waals surface area contributed by atoms with Crippen LogP contribution in [0.15, 0.2) is 48.5 Å². The summed E-state index contributed by atoms with van der Waals surface area (Å²) in [6.07, 6.45) is 0. The second kappa shape index (κ2) is 6.51. The van der Waals surface area contributed by atoms with Crippen molar-refractivity contribution in [2.45, 2.75) is 0 Å². The molecule has 0 saturated carbocycles. The van der Waals surface area contributed by atoms with Crippen molar-refractivity contribution in [1.82, 2.24) is 0 Å². The molecule has 2 aromatic rings. The van der Waals surface area contributed by atoms with Crippen molar-refractivity contribution in [1.29, 1.82) is 0 Å². The molecule has 0 unspecified atom stereocenters. The average molecular weight is 224 g/mol. The largest absolute Gasteiger partial charge is 0.0689 e. The first kappa shape index (κ1) is 11.4. The van der Waals surface area contributed by atoms with Crippen LogP contribution in [0.4, 0.5) is 0 Å². The molecule has 2 rings (SSSR count). The fourth-order valence-corrected chi connectivity index (χ4v) is 1.26. The van der Waals surface area contributed by atoms with Crippen LogP contribution in [0.1, 0.15) is 0 Å². The standard InChI is InChI=1S/C18H8/c1-2-4-6-8-10-14-18-16-12-11-15-17(18)13-9-7-5-3-1/h5-8,11-12,15-16H. The quantitative estimate of drug-likeness (QED) is 0.642. The van der Waals surface area contributed by atoms with Gasteiger partial charge in [-0.3, -0.25) is 0 Å². The van der Waals surface area contributed by atoms with Gasteiger partial charge in [0.2, 0.25) is 0 Å². The van der Waals surface area contributed by atoms with Gasteiger partial charge in [0.05, 0.1) is 0 Å². The van der Waals surface area contributed by atoms with Gasteiger partial charge in [0, 0.05) is 10.8 Å². The number of fused-ring (bicyclic) bond motifs is 1. The third kappa shape index (κ3) is 3.51. The van der Waals surface area contributed by atoms with Crippen LogP contribution < -0.4 is 0 Å². The van der Waals surface area contributed by atoms with Gasteiger partial charge in [0.1, 0.15) is 0 Å². The minimum absolute atomic E-state index is 0.916. The summed E-state index contributed by atoms with van der Waals surface area (Å²) in [6, 6.07) is 37.5. The Morgan fingerprint density at radius 3 is 1.50 bits per heavy atom. The third-order valence-electron chi connectivity index (χ3n) is 2.05. The van der Waals surface area contributed by atoms with E-state index in [0.717, 1.165) is 10.8 Å². The Morgan fingerprint density at radius 2 is 1.00 bits per heavy atom. The van der Waals surface area contributed by atoms with Crippen molar-refractivity contribution in [3.63, 3.8) is 0 Å². The molecular weight excluding hydrogens is 216 g/mol. The van der Waals surface area contributed by atoms with E-state index >= 15 is 0 Å². The molecule has 0 radical (unpaired) electrons. The van der Waals surface area contributed by atoms with Crippen LogP contribution in [0.2, 0.25) is 0 Å². The van der Waals surface area contributed by atoms with Crippen LogP contribution in [0.5, 0.6) is 0 Å². The molecule has 0 heterocycles. The first-order valence-corrected chi connectivity index (χ1v) is 5.40. The van der Waals surface area contributed by atoms with Crippen molar-refractivity contribution in [3.05, 3.63) is 97.1 Å². The van der Waals surface area contributed by atoms with E-state index in [9.17, 15) is 0 Å². The predicted molar refractivity (Wildman–Crippen MR) is 69.9 cm³/mol. The maximum Gasteiger partial charge on any atom is 0.0405 e. The summed E-state index contributed by atoms with van der Waals surface area (Å²) >= 11 is 0. The second-order valence-corrected chi connectivity index (χ2v) is 3.29.